The molecule has 376 valence electrons. The molecule has 12 heteroatoms. The second-order valence-corrected chi connectivity index (χ2v) is 17.7. The molecule has 0 aromatic carbocycles. The highest BCUT2D eigenvalue weighted by molar-refractivity contribution is 7.47. The number of phosphoric ester groups is 1. The lowest BCUT2D eigenvalue weighted by Crippen LogP contribution is -2.30. The maximum absolute atomic E-state index is 12.8. The predicted octanol–water partition coefficient (Wildman–Crippen LogP) is 14.1. The van der Waals surface area contributed by atoms with E-state index in [-0.39, 0.29) is 25.9 Å². The standard InChI is InChI=1S/C54H89O11P/c1-4-7-10-13-16-19-22-24-25-27-30-33-36-39-42-45-54(58)65-51(47-61-52(56)43-40-37-34-31-28-21-18-15-12-9-6-3)49-63-66(59,60)62-48-50(46-55)64-53(57)44-41-38-35-32-29-26-23-20-17-14-11-8-5-2/h7-8,10-11,15-20,24-26,29,35,38,50-51,55H,4-6,9,12-14,21-23,27-28,30-34,36-37,39-49H2,1-3H3,(H,59,60)/b10-7-,11-8-,18-15-,19-16-,20-17-,25-24-,29-26-,38-35-. The molecular weight excluding hydrogens is 856 g/mol. The van der Waals surface area contributed by atoms with E-state index in [9.17, 15) is 28.9 Å². The molecule has 0 fully saturated rings. The zero-order chi connectivity index (χ0) is 48.4. The number of aliphatic hydroxyl groups excluding tert-OH is 1. The van der Waals surface area contributed by atoms with Gasteiger partial charge in [0.2, 0.25) is 0 Å². The van der Waals surface area contributed by atoms with Crippen molar-refractivity contribution in [3.05, 3.63) is 97.2 Å². The minimum absolute atomic E-state index is 0.0502. The minimum atomic E-state index is -4.77. The van der Waals surface area contributed by atoms with Crippen LogP contribution in [0, 0.1) is 0 Å². The van der Waals surface area contributed by atoms with E-state index in [1.807, 2.05) is 18.2 Å². The first-order valence-electron chi connectivity index (χ1n) is 25.1. The average Bonchev–Trinajstić information content (AvgIpc) is 3.30. The van der Waals surface area contributed by atoms with E-state index >= 15 is 0 Å². The quantitative estimate of drug-likeness (QED) is 0.0197. The monoisotopic (exact) mass is 945 g/mol. The summed E-state index contributed by atoms with van der Waals surface area (Å²) in [4.78, 5) is 48.2. The van der Waals surface area contributed by atoms with Crippen LogP contribution in [-0.2, 0) is 42.2 Å². The number of phosphoric acid groups is 1. The summed E-state index contributed by atoms with van der Waals surface area (Å²) in [5.74, 6) is -1.60. The smallest absolute Gasteiger partial charge is 0.462 e. The van der Waals surface area contributed by atoms with Gasteiger partial charge in [-0.05, 0) is 96.3 Å². The van der Waals surface area contributed by atoms with Crippen LogP contribution in [0.2, 0.25) is 0 Å². The maximum Gasteiger partial charge on any atom is 0.472 e. The summed E-state index contributed by atoms with van der Waals surface area (Å²) in [6, 6.07) is 0. The molecule has 0 saturated heterocycles. The van der Waals surface area contributed by atoms with Crippen LogP contribution in [-0.4, -0.2) is 66.5 Å². The van der Waals surface area contributed by atoms with Crippen LogP contribution in [0.4, 0.5) is 0 Å². The van der Waals surface area contributed by atoms with Crippen LogP contribution in [0.25, 0.3) is 0 Å². The molecule has 0 heterocycles. The predicted molar refractivity (Wildman–Crippen MR) is 270 cm³/mol. The molecule has 0 aromatic heterocycles. The Morgan fingerprint density at radius 3 is 1.32 bits per heavy atom. The van der Waals surface area contributed by atoms with Gasteiger partial charge < -0.3 is 24.2 Å². The van der Waals surface area contributed by atoms with Crippen LogP contribution in [0.5, 0.6) is 0 Å². The lowest BCUT2D eigenvalue weighted by Gasteiger charge is -2.21. The summed E-state index contributed by atoms with van der Waals surface area (Å²) in [6.07, 6.45) is 54.0. The molecule has 0 aliphatic heterocycles. The Morgan fingerprint density at radius 1 is 0.439 bits per heavy atom. The zero-order valence-corrected chi connectivity index (χ0v) is 42.0. The Kier molecular flexibility index (Phi) is 45.3. The molecule has 66 heavy (non-hydrogen) atoms. The molecule has 0 spiro atoms. The fourth-order valence-corrected chi connectivity index (χ4v) is 6.97. The molecule has 2 N–H and O–H groups in total. The highest BCUT2D eigenvalue weighted by Gasteiger charge is 2.28. The van der Waals surface area contributed by atoms with E-state index in [2.05, 4.69) is 99.8 Å². The first-order chi connectivity index (χ1) is 32.2. The molecule has 11 nitrogen and oxygen atoms in total. The van der Waals surface area contributed by atoms with Crippen LogP contribution in [0.3, 0.4) is 0 Å². The van der Waals surface area contributed by atoms with Crippen LogP contribution >= 0.6 is 7.82 Å². The number of ether oxygens (including phenoxy) is 3. The summed E-state index contributed by atoms with van der Waals surface area (Å²) in [5, 5.41) is 9.75. The first kappa shape index (κ1) is 62.4. The van der Waals surface area contributed by atoms with Crippen molar-refractivity contribution in [2.45, 2.75) is 200 Å². The van der Waals surface area contributed by atoms with Crippen molar-refractivity contribution in [2.24, 2.45) is 0 Å². The summed E-state index contributed by atoms with van der Waals surface area (Å²) in [7, 11) is -4.77. The topological polar surface area (TPSA) is 155 Å². The van der Waals surface area contributed by atoms with Crippen molar-refractivity contribution < 1.29 is 52.2 Å². The summed E-state index contributed by atoms with van der Waals surface area (Å²) in [6.45, 7) is 4.23. The van der Waals surface area contributed by atoms with Gasteiger partial charge in [-0.2, -0.15) is 0 Å². The van der Waals surface area contributed by atoms with Gasteiger partial charge >= 0.3 is 25.7 Å². The molecule has 0 bridgehead atoms. The van der Waals surface area contributed by atoms with E-state index in [1.54, 1.807) is 0 Å². The average molecular weight is 945 g/mol. The van der Waals surface area contributed by atoms with E-state index in [0.717, 1.165) is 116 Å². The van der Waals surface area contributed by atoms with Crippen molar-refractivity contribution >= 4 is 25.7 Å². The number of aliphatic hydroxyl groups is 1. The van der Waals surface area contributed by atoms with Gasteiger partial charge in [-0.1, -0.05) is 169 Å². The van der Waals surface area contributed by atoms with Crippen molar-refractivity contribution in [3.63, 3.8) is 0 Å². The van der Waals surface area contributed by atoms with E-state index in [0.29, 0.717) is 19.3 Å². The Labute approximate surface area is 400 Å². The first-order valence-corrected chi connectivity index (χ1v) is 26.6. The Balaban J connectivity index is 4.85. The molecular formula is C54H89O11P. The van der Waals surface area contributed by atoms with Crippen LogP contribution < -0.4 is 0 Å². The van der Waals surface area contributed by atoms with Crippen molar-refractivity contribution in [1.29, 1.82) is 0 Å². The normalized spacial score (nSPS) is 14.3. The molecule has 0 amide bonds. The number of rotatable bonds is 45. The molecule has 0 rings (SSSR count). The number of esters is 3. The number of carbonyl (C=O) groups is 3. The molecule has 3 unspecified atom stereocenters. The SMILES string of the molecule is CC/C=C\C/C=C\C/C=C\C/C=C\CCC(=O)OC(CO)COP(=O)(O)OCC(COC(=O)CCCCCCC/C=C\CCCC)OC(=O)CCCCCCC/C=C\C/C=C\C/C=C\CC. The Hall–Kier alpha value is -3.60. The van der Waals surface area contributed by atoms with Gasteiger partial charge in [-0.3, -0.25) is 23.4 Å². The molecule has 0 radical (unpaired) electrons. The van der Waals surface area contributed by atoms with Crippen LogP contribution in [0.1, 0.15) is 188 Å². The van der Waals surface area contributed by atoms with E-state index in [4.69, 9.17) is 23.3 Å². The summed E-state index contributed by atoms with van der Waals surface area (Å²) < 4.78 is 39.2. The summed E-state index contributed by atoms with van der Waals surface area (Å²) >= 11 is 0. The second kappa shape index (κ2) is 47.9. The number of allylic oxidation sites excluding steroid dienone is 16. The maximum atomic E-state index is 12.8. The number of hydrogen-bond acceptors (Lipinski definition) is 10. The third kappa shape index (κ3) is 45.6. The third-order valence-electron chi connectivity index (χ3n) is 9.99. The molecule has 0 saturated carbocycles. The highest BCUT2D eigenvalue weighted by Crippen LogP contribution is 2.43. The Morgan fingerprint density at radius 2 is 0.818 bits per heavy atom. The van der Waals surface area contributed by atoms with Crippen molar-refractivity contribution in [2.75, 3.05) is 26.4 Å². The van der Waals surface area contributed by atoms with Gasteiger partial charge in [-0.25, -0.2) is 4.57 Å². The van der Waals surface area contributed by atoms with Gasteiger partial charge in [0.15, 0.2) is 6.10 Å². The van der Waals surface area contributed by atoms with Gasteiger partial charge in [0.05, 0.1) is 19.8 Å². The van der Waals surface area contributed by atoms with Gasteiger partial charge in [0.1, 0.15) is 12.7 Å². The lowest BCUT2D eigenvalue weighted by atomic mass is 10.1. The largest absolute Gasteiger partial charge is 0.472 e. The molecule has 0 aliphatic carbocycles. The Bertz CT molecular complexity index is 1480. The number of carbonyl (C=O) groups excluding carboxylic acids is 3. The second-order valence-electron chi connectivity index (χ2n) is 16.2. The van der Waals surface area contributed by atoms with E-state index < -0.39 is 57.8 Å². The lowest BCUT2D eigenvalue weighted by molar-refractivity contribution is -0.161. The van der Waals surface area contributed by atoms with Gasteiger partial charge in [0.25, 0.3) is 0 Å². The van der Waals surface area contributed by atoms with Gasteiger partial charge in [0, 0.05) is 19.3 Å². The minimum Gasteiger partial charge on any atom is -0.462 e. The number of unbranched alkanes of at least 4 members (excludes halogenated alkanes) is 12. The third-order valence-corrected chi connectivity index (χ3v) is 10.9. The molecule has 0 aliphatic rings. The molecule has 3 atom stereocenters. The highest BCUT2D eigenvalue weighted by atomic mass is 31.2. The van der Waals surface area contributed by atoms with Crippen molar-refractivity contribution in [1.82, 2.24) is 0 Å². The fraction of sp³-hybridized carbons (Fsp3) is 0.648. The van der Waals surface area contributed by atoms with Crippen molar-refractivity contribution in [3.8, 4) is 0 Å². The molecule has 0 aromatic rings. The summed E-state index contributed by atoms with van der Waals surface area (Å²) in [5.41, 5.74) is 0. The van der Waals surface area contributed by atoms with Crippen LogP contribution in [0.15, 0.2) is 97.2 Å². The number of hydrogen-bond donors (Lipinski definition) is 2. The fourth-order valence-electron chi connectivity index (χ4n) is 6.19. The van der Waals surface area contributed by atoms with E-state index in [1.165, 1.54) is 12.8 Å². The zero-order valence-electron chi connectivity index (χ0n) is 41.1. The van der Waals surface area contributed by atoms with Gasteiger partial charge in [-0.15, -0.1) is 0 Å².